The summed E-state index contributed by atoms with van der Waals surface area (Å²) in [6.45, 7) is 2.25. The molecule has 1 aromatic heterocycles. The molecule has 1 aromatic carbocycles. The summed E-state index contributed by atoms with van der Waals surface area (Å²) in [4.78, 5) is 11.8. The molecule has 0 bridgehead atoms. The van der Waals surface area contributed by atoms with Gasteiger partial charge in [0.15, 0.2) is 5.69 Å². The Balaban J connectivity index is 2.19. The minimum Gasteiger partial charge on any atom is -0.321 e. The van der Waals surface area contributed by atoms with Crippen molar-refractivity contribution in [3.05, 3.63) is 41.2 Å². The molecule has 0 fully saturated rings. The van der Waals surface area contributed by atoms with E-state index in [1.165, 1.54) is 6.20 Å². The molecular weight excluding hydrogens is 242 g/mol. The van der Waals surface area contributed by atoms with Crippen molar-refractivity contribution in [3.8, 4) is 11.8 Å². The number of carbonyl (C=O) groups is 1. The number of anilines is 1. The molecule has 2 aromatic rings. The second-order valence-corrected chi connectivity index (χ2v) is 3.84. The molecule has 19 heavy (non-hydrogen) atoms. The van der Waals surface area contributed by atoms with Gasteiger partial charge in [-0.05, 0) is 24.6 Å². The summed E-state index contributed by atoms with van der Waals surface area (Å²) in [6.07, 6.45) is 1.36. The average molecular weight is 255 g/mol. The van der Waals surface area contributed by atoms with Gasteiger partial charge >= 0.3 is 0 Å². The number of aryl methyl sites for hydroxylation is 1. The zero-order chi connectivity index (χ0) is 13.7. The number of nitrogens with two attached hydrogens (primary N) is 1. The predicted molar refractivity (Wildman–Crippen MR) is 71.4 cm³/mol. The lowest BCUT2D eigenvalue weighted by Gasteiger charge is -2.05. The molecule has 6 nitrogen and oxygen atoms in total. The lowest BCUT2D eigenvalue weighted by atomic mass is 10.1. The number of nitrogens with one attached hydrogen (secondary N) is 2. The highest BCUT2D eigenvalue weighted by molar-refractivity contribution is 6.02. The Labute approximate surface area is 110 Å². The lowest BCUT2D eigenvalue weighted by Crippen LogP contribution is -2.12. The first kappa shape index (κ1) is 12.8. The van der Waals surface area contributed by atoms with Gasteiger partial charge in [-0.25, -0.2) is 0 Å². The van der Waals surface area contributed by atoms with Crippen LogP contribution >= 0.6 is 0 Å². The van der Waals surface area contributed by atoms with Gasteiger partial charge in [-0.1, -0.05) is 17.9 Å². The Morgan fingerprint density at radius 2 is 2.37 bits per heavy atom. The van der Waals surface area contributed by atoms with Crippen LogP contribution in [0.3, 0.4) is 0 Å². The molecule has 6 heteroatoms. The summed E-state index contributed by atoms with van der Waals surface area (Å²) < 4.78 is 0. The maximum Gasteiger partial charge on any atom is 0.277 e. The molecule has 0 aliphatic rings. The number of carbonyl (C=O) groups excluding carboxylic acids is 1. The van der Waals surface area contributed by atoms with Crippen LogP contribution in [0.25, 0.3) is 0 Å². The largest absolute Gasteiger partial charge is 0.321 e. The van der Waals surface area contributed by atoms with Crippen molar-refractivity contribution in [1.29, 1.82) is 0 Å². The van der Waals surface area contributed by atoms with Crippen molar-refractivity contribution >= 4 is 11.6 Å². The zero-order valence-corrected chi connectivity index (χ0v) is 10.4. The van der Waals surface area contributed by atoms with Crippen molar-refractivity contribution in [2.24, 2.45) is 5.73 Å². The predicted octanol–water partition coefficient (Wildman–Crippen LogP) is 0.676. The first-order chi connectivity index (χ1) is 9.20. The van der Waals surface area contributed by atoms with E-state index in [-0.39, 0.29) is 11.6 Å². The molecular formula is C13H13N5O. The van der Waals surface area contributed by atoms with Crippen LogP contribution in [0.1, 0.15) is 21.6 Å². The first-order valence-corrected chi connectivity index (χ1v) is 5.67. The van der Waals surface area contributed by atoms with Crippen molar-refractivity contribution in [3.63, 3.8) is 0 Å². The van der Waals surface area contributed by atoms with Crippen LogP contribution in [0.5, 0.6) is 0 Å². The van der Waals surface area contributed by atoms with Crippen LogP contribution < -0.4 is 11.1 Å². The summed E-state index contributed by atoms with van der Waals surface area (Å²) >= 11 is 0. The second-order valence-electron chi connectivity index (χ2n) is 3.84. The van der Waals surface area contributed by atoms with E-state index in [2.05, 4.69) is 32.6 Å². The third-order valence-corrected chi connectivity index (χ3v) is 2.47. The van der Waals surface area contributed by atoms with Gasteiger partial charge in [0.05, 0.1) is 12.7 Å². The molecule has 96 valence electrons. The van der Waals surface area contributed by atoms with E-state index in [1.807, 2.05) is 13.0 Å². The molecule has 4 N–H and O–H groups in total. The van der Waals surface area contributed by atoms with E-state index in [1.54, 1.807) is 12.1 Å². The molecule has 0 atom stereocenters. The average Bonchev–Trinajstić information content (AvgIpc) is 2.93. The van der Waals surface area contributed by atoms with Crippen molar-refractivity contribution in [2.75, 3.05) is 11.9 Å². The summed E-state index contributed by atoms with van der Waals surface area (Å²) in [7, 11) is 0. The van der Waals surface area contributed by atoms with Gasteiger partial charge in [-0.3, -0.25) is 4.79 Å². The highest BCUT2D eigenvalue weighted by Crippen LogP contribution is 2.15. The second kappa shape index (κ2) is 5.80. The van der Waals surface area contributed by atoms with Crippen molar-refractivity contribution in [1.82, 2.24) is 15.4 Å². The lowest BCUT2D eigenvalue weighted by molar-refractivity contribution is 0.102. The highest BCUT2D eigenvalue weighted by Gasteiger charge is 2.09. The molecule has 0 aliphatic carbocycles. The van der Waals surface area contributed by atoms with Crippen LogP contribution in [-0.2, 0) is 0 Å². The molecule has 2 rings (SSSR count). The molecule has 0 radical (unpaired) electrons. The van der Waals surface area contributed by atoms with Crippen molar-refractivity contribution < 1.29 is 4.79 Å². The van der Waals surface area contributed by atoms with Crippen LogP contribution in [-0.4, -0.2) is 27.9 Å². The van der Waals surface area contributed by atoms with Gasteiger partial charge in [0.2, 0.25) is 0 Å². The maximum absolute atomic E-state index is 11.8. The van der Waals surface area contributed by atoms with Crippen molar-refractivity contribution in [2.45, 2.75) is 6.92 Å². The Kier molecular flexibility index (Phi) is 3.90. The number of nitrogens with zero attached hydrogens (tertiary/aromatic N) is 2. The quantitative estimate of drug-likeness (QED) is 0.687. The molecule has 0 saturated carbocycles. The third kappa shape index (κ3) is 3.18. The molecule has 0 unspecified atom stereocenters. The maximum atomic E-state index is 11.8. The topological polar surface area (TPSA) is 96.7 Å². The van der Waals surface area contributed by atoms with Gasteiger partial charge < -0.3 is 11.1 Å². The van der Waals surface area contributed by atoms with E-state index in [0.29, 0.717) is 12.2 Å². The Bertz CT molecular complexity index is 637. The van der Waals surface area contributed by atoms with E-state index in [4.69, 9.17) is 5.73 Å². The number of hydrogen-bond acceptors (Lipinski definition) is 4. The fourth-order valence-electron chi connectivity index (χ4n) is 1.49. The smallest absolute Gasteiger partial charge is 0.277 e. The monoisotopic (exact) mass is 255 g/mol. The molecule has 0 spiro atoms. The summed E-state index contributed by atoms with van der Waals surface area (Å²) in [5.41, 5.74) is 8.10. The minimum atomic E-state index is -0.324. The number of aromatic amines is 1. The molecule has 1 heterocycles. The number of amides is 1. The molecule has 1 amide bonds. The highest BCUT2D eigenvalue weighted by atomic mass is 16.2. The fraction of sp³-hybridized carbons (Fsp3) is 0.154. The number of aromatic nitrogens is 3. The summed E-state index contributed by atoms with van der Waals surface area (Å²) in [5.74, 6) is 5.43. The van der Waals surface area contributed by atoms with Crippen LogP contribution in [0.4, 0.5) is 5.69 Å². The Morgan fingerprint density at radius 3 is 3.05 bits per heavy atom. The van der Waals surface area contributed by atoms with E-state index in [9.17, 15) is 4.79 Å². The minimum absolute atomic E-state index is 0.232. The number of H-pyrrole nitrogens is 1. The van der Waals surface area contributed by atoms with Crippen LogP contribution in [0.2, 0.25) is 0 Å². The normalized spacial score (nSPS) is 9.58. The van der Waals surface area contributed by atoms with Crippen LogP contribution in [0.15, 0.2) is 24.4 Å². The summed E-state index contributed by atoms with van der Waals surface area (Å²) in [5, 5.41) is 12.4. The van der Waals surface area contributed by atoms with Gasteiger partial charge in [0.25, 0.3) is 5.91 Å². The zero-order valence-electron chi connectivity index (χ0n) is 10.4. The Hall–Kier alpha value is -2.65. The molecule has 0 saturated heterocycles. The van der Waals surface area contributed by atoms with Gasteiger partial charge in [-0.15, -0.1) is 0 Å². The van der Waals surface area contributed by atoms with E-state index < -0.39 is 0 Å². The van der Waals surface area contributed by atoms with Gasteiger partial charge in [0.1, 0.15) is 0 Å². The van der Waals surface area contributed by atoms with Crippen LogP contribution in [0, 0.1) is 18.8 Å². The standard InChI is InChI=1S/C13H13N5O/c1-9-4-5-11(7-10(9)3-2-6-14)16-13(19)12-8-15-18-17-12/h4-5,7-8H,6,14H2,1H3,(H,16,19)(H,15,17,18). The fourth-order valence-corrected chi connectivity index (χ4v) is 1.49. The van der Waals surface area contributed by atoms with Gasteiger partial charge in [0, 0.05) is 11.3 Å². The van der Waals surface area contributed by atoms with E-state index in [0.717, 1.165) is 11.1 Å². The Morgan fingerprint density at radius 1 is 1.53 bits per heavy atom. The number of hydrogen-bond donors (Lipinski definition) is 3. The molecule has 0 aliphatic heterocycles. The summed E-state index contributed by atoms with van der Waals surface area (Å²) in [6, 6.07) is 5.50. The number of rotatable bonds is 2. The van der Waals surface area contributed by atoms with Gasteiger partial charge in [-0.2, -0.15) is 15.4 Å². The third-order valence-electron chi connectivity index (χ3n) is 2.47. The SMILES string of the molecule is Cc1ccc(NC(=O)c2cn[nH]n2)cc1C#CCN. The number of benzene rings is 1. The first-order valence-electron chi connectivity index (χ1n) is 5.67. The van der Waals surface area contributed by atoms with E-state index >= 15 is 0 Å².